The minimum Gasteiger partial charge on any atom is -0.444 e. The molecule has 0 unspecified atom stereocenters. The first-order chi connectivity index (χ1) is 11.7. The fraction of sp³-hybridized carbons (Fsp3) is 0.0556. The second-order valence-corrected chi connectivity index (χ2v) is 6.22. The van der Waals surface area contributed by atoms with Gasteiger partial charge in [0.2, 0.25) is 5.89 Å². The molecule has 1 aromatic carbocycles. The van der Waals surface area contributed by atoms with Crippen molar-refractivity contribution in [3.63, 3.8) is 0 Å². The third-order valence-electron chi connectivity index (χ3n) is 3.62. The van der Waals surface area contributed by atoms with Crippen LogP contribution in [0.2, 0.25) is 0 Å². The Hall–Kier alpha value is -2.99. The third-order valence-corrected chi connectivity index (χ3v) is 4.42. The van der Waals surface area contributed by atoms with Crippen LogP contribution in [-0.2, 0) is 0 Å². The van der Waals surface area contributed by atoms with Crippen LogP contribution < -0.4 is 5.56 Å². The summed E-state index contributed by atoms with van der Waals surface area (Å²) in [5.41, 5.74) is 2.28. The summed E-state index contributed by atoms with van der Waals surface area (Å²) in [7, 11) is 0. The van der Waals surface area contributed by atoms with E-state index in [1.807, 2.05) is 48.7 Å². The quantitative estimate of drug-likeness (QED) is 0.609. The number of benzene rings is 1. The molecule has 24 heavy (non-hydrogen) atoms. The summed E-state index contributed by atoms with van der Waals surface area (Å²) in [6, 6.07) is 11.5. The molecular weight excluding hydrogens is 322 g/mol. The van der Waals surface area contributed by atoms with Crippen molar-refractivity contribution >= 4 is 33.2 Å². The standard InChI is InChI=1S/C18H13N3O2S/c1-11(15-20-16(22)14-7-8-24-18(14)21-15)9-13-10-23-17(19-13)12-5-3-2-4-6-12/h2-10H,1H3,(H,20,21,22). The third kappa shape index (κ3) is 2.68. The van der Waals surface area contributed by atoms with Crippen LogP contribution in [0.25, 0.3) is 33.3 Å². The van der Waals surface area contributed by atoms with Gasteiger partial charge in [-0.2, -0.15) is 0 Å². The minimum absolute atomic E-state index is 0.130. The van der Waals surface area contributed by atoms with Gasteiger partial charge in [-0.25, -0.2) is 9.97 Å². The van der Waals surface area contributed by atoms with Crippen molar-refractivity contribution in [2.24, 2.45) is 0 Å². The zero-order chi connectivity index (χ0) is 16.5. The number of fused-ring (bicyclic) bond motifs is 1. The number of aromatic nitrogens is 3. The molecule has 0 radical (unpaired) electrons. The van der Waals surface area contributed by atoms with E-state index in [1.54, 1.807) is 12.3 Å². The number of hydrogen-bond acceptors (Lipinski definition) is 5. The van der Waals surface area contributed by atoms with E-state index in [4.69, 9.17) is 4.42 Å². The maximum atomic E-state index is 12.1. The summed E-state index contributed by atoms with van der Waals surface area (Å²) in [6.45, 7) is 1.88. The number of oxazole rings is 1. The van der Waals surface area contributed by atoms with E-state index < -0.39 is 0 Å². The average Bonchev–Trinajstić information content (AvgIpc) is 3.25. The lowest BCUT2D eigenvalue weighted by molar-refractivity contribution is 0.574. The summed E-state index contributed by atoms with van der Waals surface area (Å²) < 4.78 is 5.52. The van der Waals surface area contributed by atoms with Gasteiger partial charge < -0.3 is 9.40 Å². The molecule has 0 aliphatic heterocycles. The fourth-order valence-corrected chi connectivity index (χ4v) is 3.17. The number of rotatable bonds is 3. The van der Waals surface area contributed by atoms with E-state index in [2.05, 4.69) is 15.0 Å². The van der Waals surface area contributed by atoms with Crippen LogP contribution in [0.5, 0.6) is 0 Å². The van der Waals surface area contributed by atoms with Crippen LogP contribution >= 0.6 is 11.3 Å². The average molecular weight is 335 g/mol. The Labute approximate surface area is 141 Å². The van der Waals surface area contributed by atoms with Crippen molar-refractivity contribution < 1.29 is 4.42 Å². The SMILES string of the molecule is CC(=Cc1coc(-c2ccccc2)n1)c1nc2sccc2c(=O)[nH]1. The van der Waals surface area contributed by atoms with Crippen molar-refractivity contribution in [2.45, 2.75) is 6.92 Å². The number of allylic oxidation sites excluding steroid dienone is 1. The molecule has 5 nitrogen and oxygen atoms in total. The molecule has 1 N–H and O–H groups in total. The lowest BCUT2D eigenvalue weighted by atomic mass is 10.2. The second-order valence-electron chi connectivity index (χ2n) is 5.32. The minimum atomic E-state index is -0.130. The van der Waals surface area contributed by atoms with Crippen LogP contribution in [0, 0.1) is 0 Å². The van der Waals surface area contributed by atoms with Crippen LogP contribution in [0.4, 0.5) is 0 Å². The molecule has 4 aromatic rings. The van der Waals surface area contributed by atoms with Crippen molar-refractivity contribution in [2.75, 3.05) is 0 Å². The number of nitrogens with one attached hydrogen (secondary N) is 1. The van der Waals surface area contributed by atoms with Gasteiger partial charge in [0.15, 0.2) is 0 Å². The Morgan fingerprint density at radius 1 is 1.21 bits per heavy atom. The van der Waals surface area contributed by atoms with E-state index in [0.29, 0.717) is 22.8 Å². The van der Waals surface area contributed by atoms with E-state index in [9.17, 15) is 4.79 Å². The number of nitrogens with zero attached hydrogens (tertiary/aromatic N) is 2. The number of aromatic amines is 1. The Morgan fingerprint density at radius 3 is 2.88 bits per heavy atom. The van der Waals surface area contributed by atoms with Gasteiger partial charge in [0.1, 0.15) is 22.6 Å². The summed E-state index contributed by atoms with van der Waals surface area (Å²) in [4.78, 5) is 24.5. The van der Waals surface area contributed by atoms with Gasteiger partial charge in [0, 0.05) is 5.56 Å². The molecular formula is C18H13N3O2S. The van der Waals surface area contributed by atoms with Crippen molar-refractivity contribution in [1.29, 1.82) is 0 Å². The molecule has 0 amide bonds. The Morgan fingerprint density at radius 2 is 2.04 bits per heavy atom. The van der Waals surface area contributed by atoms with Crippen molar-refractivity contribution in [3.05, 3.63) is 69.9 Å². The Bertz CT molecular complexity index is 1090. The van der Waals surface area contributed by atoms with Gasteiger partial charge in [-0.1, -0.05) is 18.2 Å². The van der Waals surface area contributed by atoms with E-state index in [1.165, 1.54) is 11.3 Å². The molecule has 3 heterocycles. The van der Waals surface area contributed by atoms with Crippen molar-refractivity contribution in [1.82, 2.24) is 15.0 Å². The molecule has 0 atom stereocenters. The molecule has 0 aliphatic rings. The topological polar surface area (TPSA) is 71.8 Å². The molecule has 118 valence electrons. The van der Waals surface area contributed by atoms with Crippen molar-refractivity contribution in [3.8, 4) is 11.5 Å². The van der Waals surface area contributed by atoms with Gasteiger partial charge in [-0.3, -0.25) is 4.79 Å². The monoisotopic (exact) mass is 335 g/mol. The van der Waals surface area contributed by atoms with Gasteiger partial charge >= 0.3 is 0 Å². The Balaban J connectivity index is 1.69. The summed E-state index contributed by atoms with van der Waals surface area (Å²) >= 11 is 1.45. The lowest BCUT2D eigenvalue weighted by Crippen LogP contribution is -2.09. The maximum absolute atomic E-state index is 12.1. The largest absolute Gasteiger partial charge is 0.444 e. The molecule has 4 rings (SSSR count). The van der Waals surface area contributed by atoms with E-state index in [0.717, 1.165) is 16.0 Å². The van der Waals surface area contributed by atoms with E-state index >= 15 is 0 Å². The number of hydrogen-bond donors (Lipinski definition) is 1. The van der Waals surface area contributed by atoms with Gasteiger partial charge in [-0.15, -0.1) is 11.3 Å². The molecule has 6 heteroatoms. The highest BCUT2D eigenvalue weighted by molar-refractivity contribution is 7.16. The molecule has 0 saturated carbocycles. The summed E-state index contributed by atoms with van der Waals surface area (Å²) in [5.74, 6) is 1.10. The highest BCUT2D eigenvalue weighted by Gasteiger charge is 2.08. The highest BCUT2D eigenvalue weighted by Crippen LogP contribution is 2.21. The smallest absolute Gasteiger partial charge is 0.259 e. The van der Waals surface area contributed by atoms with E-state index in [-0.39, 0.29) is 5.56 Å². The van der Waals surface area contributed by atoms with Crippen LogP contribution in [0.3, 0.4) is 0 Å². The first-order valence-corrected chi connectivity index (χ1v) is 8.26. The highest BCUT2D eigenvalue weighted by atomic mass is 32.1. The maximum Gasteiger partial charge on any atom is 0.259 e. The zero-order valence-electron chi connectivity index (χ0n) is 12.8. The summed E-state index contributed by atoms with van der Waals surface area (Å²) in [5, 5.41) is 2.48. The van der Waals surface area contributed by atoms with Gasteiger partial charge in [0.05, 0.1) is 5.39 Å². The molecule has 0 bridgehead atoms. The zero-order valence-corrected chi connectivity index (χ0v) is 13.6. The summed E-state index contributed by atoms with van der Waals surface area (Å²) in [6.07, 6.45) is 3.43. The molecule has 0 aliphatic carbocycles. The predicted molar refractivity (Wildman–Crippen MR) is 95.7 cm³/mol. The van der Waals surface area contributed by atoms with Gasteiger partial charge in [0.25, 0.3) is 5.56 Å². The predicted octanol–water partition coefficient (Wildman–Crippen LogP) is 4.20. The normalized spacial score (nSPS) is 12.0. The lowest BCUT2D eigenvalue weighted by Gasteiger charge is -2.00. The first kappa shape index (κ1) is 14.6. The van der Waals surface area contributed by atoms with Crippen LogP contribution in [0.1, 0.15) is 18.4 Å². The molecule has 0 saturated heterocycles. The Kier molecular flexibility index (Phi) is 3.59. The molecule has 3 aromatic heterocycles. The fourth-order valence-electron chi connectivity index (χ4n) is 2.41. The van der Waals surface area contributed by atoms with Crippen LogP contribution in [0.15, 0.2) is 57.3 Å². The first-order valence-electron chi connectivity index (χ1n) is 7.38. The molecule has 0 fully saturated rings. The number of thiophene rings is 1. The molecule has 0 spiro atoms. The van der Waals surface area contributed by atoms with Crippen LogP contribution in [-0.4, -0.2) is 15.0 Å². The van der Waals surface area contributed by atoms with Gasteiger partial charge in [-0.05, 0) is 42.2 Å². The second kappa shape index (κ2) is 5.90. The number of H-pyrrole nitrogens is 1.